The third kappa shape index (κ3) is 3.37. The molecule has 5 rings (SSSR count). The number of carbonyl (C=O) groups is 1. The second-order valence-electron chi connectivity index (χ2n) is 9.18. The second-order valence-corrected chi connectivity index (χ2v) is 9.59. The lowest BCUT2D eigenvalue weighted by Gasteiger charge is -2.49. The summed E-state index contributed by atoms with van der Waals surface area (Å²) in [5, 5.41) is 19.7. The Morgan fingerprint density at radius 3 is 2.96 bits per heavy atom. The Morgan fingerprint density at radius 2 is 2.18 bits per heavy atom. The van der Waals surface area contributed by atoms with Crippen molar-refractivity contribution in [2.24, 2.45) is 5.92 Å². The van der Waals surface area contributed by atoms with E-state index in [1.807, 2.05) is 0 Å². The fourth-order valence-electron chi connectivity index (χ4n) is 5.52. The molecule has 3 aliphatic rings. The van der Waals surface area contributed by atoms with Gasteiger partial charge in [0.15, 0.2) is 0 Å². The first kappa shape index (κ1) is 18.6. The molecular formula is C22H30N3O2P. The predicted molar refractivity (Wildman–Crippen MR) is 113 cm³/mol. The van der Waals surface area contributed by atoms with Crippen molar-refractivity contribution >= 4 is 26.0 Å². The zero-order valence-electron chi connectivity index (χ0n) is 16.4. The first-order valence-electron chi connectivity index (χ1n) is 10.7. The molecule has 4 atom stereocenters. The topological polar surface area (TPSA) is 69.2 Å². The summed E-state index contributed by atoms with van der Waals surface area (Å²) in [5.74, 6) is 1.45. The second kappa shape index (κ2) is 7.11. The normalized spacial score (nSPS) is 30.0. The number of rotatable bonds is 5. The Bertz CT molecular complexity index is 893. The van der Waals surface area contributed by atoms with Crippen LogP contribution in [0.4, 0.5) is 0 Å². The van der Waals surface area contributed by atoms with Gasteiger partial charge in [0, 0.05) is 30.8 Å². The number of likely N-dealkylation sites (tertiary alicyclic amines) is 1. The molecule has 6 heteroatoms. The Labute approximate surface area is 168 Å². The minimum absolute atomic E-state index is 0.198. The smallest absolute Gasteiger partial charge is 0.223 e. The van der Waals surface area contributed by atoms with Gasteiger partial charge in [-0.3, -0.25) is 9.89 Å². The fourth-order valence-corrected chi connectivity index (χ4v) is 5.85. The molecule has 1 saturated heterocycles. The number of benzene rings is 1. The highest BCUT2D eigenvalue weighted by Gasteiger charge is 2.44. The molecule has 1 aromatic heterocycles. The van der Waals surface area contributed by atoms with Gasteiger partial charge in [0.2, 0.25) is 5.91 Å². The maximum absolute atomic E-state index is 13.1. The van der Waals surface area contributed by atoms with Crippen LogP contribution in [0.5, 0.6) is 0 Å². The van der Waals surface area contributed by atoms with E-state index in [2.05, 4.69) is 42.5 Å². The van der Waals surface area contributed by atoms with Gasteiger partial charge in [-0.2, -0.15) is 5.10 Å². The van der Waals surface area contributed by atoms with Gasteiger partial charge < -0.3 is 10.0 Å². The standard InChI is InChI=1S/C22H30N3O2P/c26-20(25-9-8-14-10-16(25)12-22(27,11-14)13-28)7-6-19-21-17(15-4-5-15)2-1-3-18(21)23-24-19/h1-3,14-16,27H,4-13,28H2,(H,23,24)/t14?,16?,22-/m1/s1. The Hall–Kier alpha value is -1.45. The molecule has 1 aliphatic heterocycles. The van der Waals surface area contributed by atoms with Crippen molar-refractivity contribution in [2.75, 3.05) is 12.7 Å². The van der Waals surface area contributed by atoms with Gasteiger partial charge in [-0.25, -0.2) is 0 Å². The van der Waals surface area contributed by atoms with Crippen molar-refractivity contribution < 1.29 is 9.90 Å². The van der Waals surface area contributed by atoms with Crippen LogP contribution in [0.3, 0.4) is 0 Å². The number of hydrogen-bond acceptors (Lipinski definition) is 3. The van der Waals surface area contributed by atoms with Crippen LogP contribution in [-0.2, 0) is 11.2 Å². The van der Waals surface area contributed by atoms with E-state index in [1.165, 1.54) is 23.8 Å². The maximum Gasteiger partial charge on any atom is 0.223 e. The summed E-state index contributed by atoms with van der Waals surface area (Å²) in [5.41, 5.74) is 2.90. The number of aromatic amines is 1. The summed E-state index contributed by atoms with van der Waals surface area (Å²) < 4.78 is 0. The number of hydrogen-bond donors (Lipinski definition) is 2. The number of nitrogens with zero attached hydrogens (tertiary/aromatic N) is 2. The van der Waals surface area contributed by atoms with Gasteiger partial charge in [-0.15, -0.1) is 9.24 Å². The van der Waals surface area contributed by atoms with Gasteiger partial charge in [-0.1, -0.05) is 12.1 Å². The van der Waals surface area contributed by atoms with Crippen molar-refractivity contribution in [3.05, 3.63) is 29.5 Å². The quantitative estimate of drug-likeness (QED) is 0.758. The van der Waals surface area contributed by atoms with E-state index in [0.717, 1.165) is 43.4 Å². The molecule has 2 aromatic rings. The third-order valence-corrected chi connectivity index (χ3v) is 7.86. The number of amides is 1. The molecule has 0 spiro atoms. The van der Waals surface area contributed by atoms with Crippen molar-refractivity contribution in [1.82, 2.24) is 15.1 Å². The van der Waals surface area contributed by atoms with Crippen LogP contribution in [0, 0.1) is 5.92 Å². The summed E-state index contributed by atoms with van der Waals surface area (Å²) in [4.78, 5) is 15.1. The Kier molecular flexibility index (Phi) is 4.71. The maximum atomic E-state index is 13.1. The number of nitrogens with one attached hydrogen (secondary N) is 1. The van der Waals surface area contributed by atoms with E-state index in [-0.39, 0.29) is 11.9 Å². The lowest BCUT2D eigenvalue weighted by Crippen LogP contribution is -2.55. The largest absolute Gasteiger partial charge is 0.389 e. The Balaban J connectivity index is 1.30. The van der Waals surface area contributed by atoms with E-state index in [9.17, 15) is 9.90 Å². The van der Waals surface area contributed by atoms with E-state index >= 15 is 0 Å². The van der Waals surface area contributed by atoms with Crippen LogP contribution >= 0.6 is 9.24 Å². The zero-order chi connectivity index (χ0) is 19.3. The van der Waals surface area contributed by atoms with Crippen LogP contribution in [-0.4, -0.2) is 50.5 Å². The predicted octanol–water partition coefficient (Wildman–Crippen LogP) is 3.38. The minimum Gasteiger partial charge on any atom is -0.389 e. The highest BCUT2D eigenvalue weighted by molar-refractivity contribution is 7.16. The molecule has 2 N–H and O–H groups in total. The number of aliphatic hydroxyl groups is 1. The van der Waals surface area contributed by atoms with Gasteiger partial charge in [0.25, 0.3) is 0 Å². The molecule has 1 amide bonds. The number of piperidine rings is 1. The summed E-state index contributed by atoms with van der Waals surface area (Å²) in [7, 11) is 2.69. The van der Waals surface area contributed by atoms with E-state index in [0.29, 0.717) is 30.8 Å². The van der Waals surface area contributed by atoms with Gasteiger partial charge >= 0.3 is 0 Å². The summed E-state index contributed by atoms with van der Waals surface area (Å²) in [6.45, 7) is 0.843. The van der Waals surface area contributed by atoms with Gasteiger partial charge in [-0.05, 0) is 68.2 Å². The molecule has 2 heterocycles. The monoisotopic (exact) mass is 399 g/mol. The summed E-state index contributed by atoms with van der Waals surface area (Å²) in [6.07, 6.45) is 8.08. The van der Waals surface area contributed by atoms with Crippen molar-refractivity contribution in [3.8, 4) is 0 Å². The first-order valence-corrected chi connectivity index (χ1v) is 11.6. The van der Waals surface area contributed by atoms with Crippen LogP contribution in [0.15, 0.2) is 18.2 Å². The lowest BCUT2D eigenvalue weighted by molar-refractivity contribution is -0.141. The summed E-state index contributed by atoms with van der Waals surface area (Å²) in [6, 6.07) is 6.60. The van der Waals surface area contributed by atoms with Crippen LogP contribution in [0.2, 0.25) is 0 Å². The van der Waals surface area contributed by atoms with Gasteiger partial charge in [0.05, 0.1) is 16.8 Å². The summed E-state index contributed by atoms with van der Waals surface area (Å²) >= 11 is 0. The molecule has 1 aromatic carbocycles. The molecule has 150 valence electrons. The first-order chi connectivity index (χ1) is 13.6. The van der Waals surface area contributed by atoms with Crippen molar-refractivity contribution in [3.63, 3.8) is 0 Å². The lowest BCUT2D eigenvalue weighted by atomic mass is 9.72. The van der Waals surface area contributed by atoms with Gasteiger partial charge in [0.1, 0.15) is 0 Å². The molecule has 2 aliphatic carbocycles. The van der Waals surface area contributed by atoms with E-state index in [4.69, 9.17) is 0 Å². The number of fused-ring (bicyclic) bond motifs is 3. The molecule has 5 nitrogen and oxygen atoms in total. The molecule has 3 unspecified atom stereocenters. The minimum atomic E-state index is -0.616. The highest BCUT2D eigenvalue weighted by atomic mass is 31.0. The number of aromatic nitrogens is 2. The average molecular weight is 399 g/mol. The van der Waals surface area contributed by atoms with E-state index in [1.54, 1.807) is 0 Å². The molecular weight excluding hydrogens is 369 g/mol. The average Bonchev–Trinajstić information content (AvgIpc) is 3.45. The number of aryl methyl sites for hydroxylation is 1. The van der Waals surface area contributed by atoms with Crippen LogP contribution < -0.4 is 0 Å². The molecule has 2 bridgehead atoms. The molecule has 28 heavy (non-hydrogen) atoms. The van der Waals surface area contributed by atoms with Crippen molar-refractivity contribution in [2.45, 2.75) is 68.9 Å². The molecule has 3 fully saturated rings. The SMILES string of the molecule is O=C(CCc1n[nH]c2cccc(C3CC3)c12)N1CCC2CC1C[C@@](O)(CP)C2. The highest BCUT2D eigenvalue weighted by Crippen LogP contribution is 2.44. The molecule has 0 radical (unpaired) electrons. The van der Waals surface area contributed by atoms with Crippen LogP contribution in [0.25, 0.3) is 10.9 Å². The van der Waals surface area contributed by atoms with Crippen LogP contribution in [0.1, 0.15) is 62.1 Å². The fraction of sp³-hybridized carbons (Fsp3) is 0.636. The van der Waals surface area contributed by atoms with E-state index < -0.39 is 5.60 Å². The number of H-pyrrole nitrogens is 1. The number of carbonyl (C=O) groups excluding carboxylic acids is 1. The zero-order valence-corrected chi connectivity index (χ0v) is 17.5. The molecule has 2 saturated carbocycles. The Morgan fingerprint density at radius 1 is 1.32 bits per heavy atom. The third-order valence-electron chi connectivity index (χ3n) is 7.10. The van der Waals surface area contributed by atoms with Crippen molar-refractivity contribution in [1.29, 1.82) is 0 Å².